The molecule has 0 aliphatic rings. The molecule has 0 bridgehead atoms. The summed E-state index contributed by atoms with van der Waals surface area (Å²) in [5.74, 6) is 0.953. The zero-order chi connectivity index (χ0) is 15.9. The van der Waals surface area contributed by atoms with Crippen molar-refractivity contribution in [3.05, 3.63) is 29.8 Å². The van der Waals surface area contributed by atoms with Gasteiger partial charge in [0.15, 0.2) is 0 Å². The van der Waals surface area contributed by atoms with Crippen molar-refractivity contribution in [3.63, 3.8) is 0 Å². The van der Waals surface area contributed by atoms with Crippen LogP contribution < -0.4 is 15.4 Å². The lowest BCUT2D eigenvalue weighted by Gasteiger charge is -2.25. The van der Waals surface area contributed by atoms with Crippen molar-refractivity contribution >= 4 is 5.91 Å². The molecule has 0 saturated heterocycles. The van der Waals surface area contributed by atoms with Crippen molar-refractivity contribution in [1.29, 1.82) is 0 Å². The Hall–Kier alpha value is -1.55. The normalized spacial score (nSPS) is 12.8. The molecule has 0 aliphatic carbocycles. The van der Waals surface area contributed by atoms with Crippen LogP contribution in [-0.2, 0) is 11.2 Å². The number of hydrogen-bond acceptors (Lipinski definition) is 3. The number of benzene rings is 1. The Bertz CT molecular complexity index is 441. The maximum atomic E-state index is 11.7. The van der Waals surface area contributed by atoms with E-state index in [1.54, 1.807) is 14.2 Å². The van der Waals surface area contributed by atoms with Gasteiger partial charge in [-0.25, -0.2) is 0 Å². The molecule has 1 atom stereocenters. The average molecular weight is 292 g/mol. The van der Waals surface area contributed by atoms with Gasteiger partial charge in [0, 0.05) is 19.6 Å². The highest BCUT2D eigenvalue weighted by Gasteiger charge is 2.26. The van der Waals surface area contributed by atoms with E-state index in [1.807, 2.05) is 26.0 Å². The number of methoxy groups -OCH3 is 1. The highest BCUT2D eigenvalue weighted by molar-refractivity contribution is 5.81. The number of aryl methyl sites for hydroxylation is 1. The van der Waals surface area contributed by atoms with E-state index in [1.165, 1.54) is 5.56 Å². The Balaban J connectivity index is 2.36. The zero-order valence-corrected chi connectivity index (χ0v) is 13.8. The van der Waals surface area contributed by atoms with Gasteiger partial charge in [-0.05, 0) is 51.3 Å². The first kappa shape index (κ1) is 17.5. The Morgan fingerprint density at radius 3 is 2.43 bits per heavy atom. The smallest absolute Gasteiger partial charge is 0.226 e. The van der Waals surface area contributed by atoms with Crippen molar-refractivity contribution in [2.45, 2.75) is 39.7 Å². The van der Waals surface area contributed by atoms with Crippen LogP contribution in [-0.4, -0.2) is 32.7 Å². The topological polar surface area (TPSA) is 50.4 Å². The summed E-state index contributed by atoms with van der Waals surface area (Å²) in [6, 6.07) is 8.54. The fourth-order valence-electron chi connectivity index (χ4n) is 2.13. The molecule has 1 unspecified atom stereocenters. The number of ether oxygens (including phenoxy) is 1. The summed E-state index contributed by atoms with van der Waals surface area (Å²) in [4.78, 5) is 11.7. The molecule has 118 valence electrons. The fraction of sp³-hybridized carbons (Fsp3) is 0.588. The van der Waals surface area contributed by atoms with Crippen LogP contribution in [0.3, 0.4) is 0 Å². The van der Waals surface area contributed by atoms with E-state index in [2.05, 4.69) is 29.7 Å². The van der Waals surface area contributed by atoms with E-state index < -0.39 is 0 Å². The molecule has 0 saturated carbocycles. The van der Waals surface area contributed by atoms with Crippen LogP contribution in [0.1, 0.15) is 32.8 Å². The van der Waals surface area contributed by atoms with Crippen molar-refractivity contribution in [2.24, 2.45) is 5.41 Å². The van der Waals surface area contributed by atoms with Crippen LogP contribution >= 0.6 is 0 Å². The highest BCUT2D eigenvalue weighted by Crippen LogP contribution is 2.15. The second kappa shape index (κ2) is 8.03. The van der Waals surface area contributed by atoms with Gasteiger partial charge in [-0.1, -0.05) is 12.1 Å². The van der Waals surface area contributed by atoms with Gasteiger partial charge in [0.2, 0.25) is 5.91 Å². The minimum Gasteiger partial charge on any atom is -0.497 e. The second-order valence-electron chi connectivity index (χ2n) is 6.13. The molecular formula is C17H28N2O2. The van der Waals surface area contributed by atoms with E-state index in [-0.39, 0.29) is 11.3 Å². The summed E-state index contributed by atoms with van der Waals surface area (Å²) in [5.41, 5.74) is 0.915. The molecule has 0 fully saturated rings. The summed E-state index contributed by atoms with van der Waals surface area (Å²) in [7, 11) is 3.35. The first-order valence-electron chi connectivity index (χ1n) is 7.47. The minimum atomic E-state index is -0.386. The molecule has 1 rings (SSSR count). The lowest BCUT2D eigenvalue weighted by atomic mass is 9.91. The third kappa shape index (κ3) is 5.76. The van der Waals surface area contributed by atoms with Gasteiger partial charge in [0.25, 0.3) is 0 Å². The molecule has 4 heteroatoms. The summed E-state index contributed by atoms with van der Waals surface area (Å²) in [5, 5.41) is 6.15. The number of rotatable bonds is 8. The van der Waals surface area contributed by atoms with Crippen molar-refractivity contribution in [2.75, 3.05) is 20.7 Å². The zero-order valence-electron chi connectivity index (χ0n) is 13.8. The van der Waals surface area contributed by atoms with Crippen LogP contribution in [0.4, 0.5) is 0 Å². The molecule has 2 N–H and O–H groups in total. The Kier molecular flexibility index (Phi) is 6.69. The molecule has 1 aromatic rings. The summed E-state index contributed by atoms with van der Waals surface area (Å²) in [6.07, 6.45) is 2.05. The first-order chi connectivity index (χ1) is 9.89. The van der Waals surface area contributed by atoms with Gasteiger partial charge in [0.05, 0.1) is 12.5 Å². The maximum absolute atomic E-state index is 11.7. The standard InChI is InChI=1S/C17H28N2O2/c1-13(19-12-17(2,3)16(20)18-4)6-7-14-8-10-15(21-5)11-9-14/h8-11,13,19H,6-7,12H2,1-5H3,(H,18,20). The predicted molar refractivity (Wildman–Crippen MR) is 86.6 cm³/mol. The molecule has 21 heavy (non-hydrogen) atoms. The van der Waals surface area contributed by atoms with E-state index >= 15 is 0 Å². The molecule has 0 spiro atoms. The van der Waals surface area contributed by atoms with Crippen molar-refractivity contribution < 1.29 is 9.53 Å². The number of amides is 1. The van der Waals surface area contributed by atoms with Gasteiger partial charge in [-0.3, -0.25) is 4.79 Å². The Morgan fingerprint density at radius 1 is 1.29 bits per heavy atom. The fourth-order valence-corrected chi connectivity index (χ4v) is 2.13. The average Bonchev–Trinajstić information content (AvgIpc) is 2.50. The third-order valence-corrected chi connectivity index (χ3v) is 3.76. The quantitative estimate of drug-likeness (QED) is 0.773. The highest BCUT2D eigenvalue weighted by atomic mass is 16.5. The summed E-state index contributed by atoms with van der Waals surface area (Å²) >= 11 is 0. The number of hydrogen-bond donors (Lipinski definition) is 2. The lowest BCUT2D eigenvalue weighted by Crippen LogP contribution is -2.44. The molecule has 0 heterocycles. The molecule has 1 amide bonds. The largest absolute Gasteiger partial charge is 0.497 e. The predicted octanol–water partition coefficient (Wildman–Crippen LogP) is 2.38. The van der Waals surface area contributed by atoms with E-state index in [0.29, 0.717) is 12.6 Å². The van der Waals surface area contributed by atoms with E-state index in [4.69, 9.17) is 4.74 Å². The third-order valence-electron chi connectivity index (χ3n) is 3.76. The molecule has 0 aliphatic heterocycles. The molecule has 1 aromatic carbocycles. The Labute approximate surface area is 128 Å². The SMILES string of the molecule is CNC(=O)C(C)(C)CNC(C)CCc1ccc(OC)cc1. The number of carbonyl (C=O) groups is 1. The number of carbonyl (C=O) groups excluding carboxylic acids is 1. The maximum Gasteiger partial charge on any atom is 0.226 e. The van der Waals surface area contributed by atoms with Gasteiger partial charge in [-0.2, -0.15) is 0 Å². The van der Waals surface area contributed by atoms with E-state index in [9.17, 15) is 4.79 Å². The number of nitrogens with one attached hydrogen (secondary N) is 2. The van der Waals surface area contributed by atoms with Crippen molar-refractivity contribution in [1.82, 2.24) is 10.6 Å². The molecule has 0 radical (unpaired) electrons. The summed E-state index contributed by atoms with van der Waals surface area (Å²) in [6.45, 7) is 6.74. The summed E-state index contributed by atoms with van der Waals surface area (Å²) < 4.78 is 5.15. The molecular weight excluding hydrogens is 264 g/mol. The van der Waals surface area contributed by atoms with Gasteiger partial charge in [0.1, 0.15) is 5.75 Å². The van der Waals surface area contributed by atoms with Crippen LogP contribution in [0.15, 0.2) is 24.3 Å². The minimum absolute atomic E-state index is 0.0670. The van der Waals surface area contributed by atoms with Crippen LogP contribution in [0.25, 0.3) is 0 Å². The molecule has 4 nitrogen and oxygen atoms in total. The van der Waals surface area contributed by atoms with Gasteiger partial charge in [-0.15, -0.1) is 0 Å². The Morgan fingerprint density at radius 2 is 1.90 bits per heavy atom. The monoisotopic (exact) mass is 292 g/mol. The van der Waals surface area contributed by atoms with Gasteiger partial charge < -0.3 is 15.4 Å². The van der Waals surface area contributed by atoms with Crippen molar-refractivity contribution in [3.8, 4) is 5.75 Å². The van der Waals surface area contributed by atoms with Crippen LogP contribution in [0, 0.1) is 5.41 Å². The van der Waals surface area contributed by atoms with Gasteiger partial charge >= 0.3 is 0 Å². The second-order valence-corrected chi connectivity index (χ2v) is 6.13. The first-order valence-corrected chi connectivity index (χ1v) is 7.47. The van der Waals surface area contributed by atoms with E-state index in [0.717, 1.165) is 18.6 Å². The lowest BCUT2D eigenvalue weighted by molar-refractivity contribution is -0.128. The van der Waals surface area contributed by atoms with Crippen LogP contribution in [0.2, 0.25) is 0 Å². The van der Waals surface area contributed by atoms with Crippen LogP contribution in [0.5, 0.6) is 5.75 Å². The molecule has 0 aromatic heterocycles.